The summed E-state index contributed by atoms with van der Waals surface area (Å²) in [6, 6.07) is 46.9. The third-order valence-corrected chi connectivity index (χ3v) is 8.43. The molecule has 3 aromatic heterocycles. The monoisotopic (exact) mass is 569 g/mol. The van der Waals surface area contributed by atoms with Gasteiger partial charge < -0.3 is 0 Å². The predicted molar refractivity (Wildman–Crippen MR) is 175 cm³/mol. The minimum absolute atomic E-state index is 0.618. The average molecular weight is 570 g/mol. The van der Waals surface area contributed by atoms with E-state index in [-0.39, 0.29) is 0 Å². The lowest BCUT2D eigenvalue weighted by molar-refractivity contribution is 1.07. The van der Waals surface area contributed by atoms with Gasteiger partial charge in [-0.2, -0.15) is 0 Å². The van der Waals surface area contributed by atoms with Crippen LogP contribution >= 0.6 is 11.3 Å². The van der Waals surface area contributed by atoms with Crippen LogP contribution in [0.15, 0.2) is 140 Å². The number of rotatable bonds is 5. The molecular weight excluding hydrogens is 547 g/mol. The fraction of sp³-hybridized carbons (Fsp3) is 0. The molecule has 0 saturated heterocycles. The Morgan fingerprint density at radius 2 is 0.767 bits per heavy atom. The van der Waals surface area contributed by atoms with E-state index in [2.05, 4.69) is 60.7 Å². The van der Waals surface area contributed by atoms with Gasteiger partial charge in [-0.05, 0) is 6.07 Å². The summed E-state index contributed by atoms with van der Waals surface area (Å²) in [5, 5.41) is 1.12. The van der Waals surface area contributed by atoms with Crippen molar-refractivity contribution in [1.29, 1.82) is 0 Å². The van der Waals surface area contributed by atoms with Crippen molar-refractivity contribution in [2.75, 3.05) is 0 Å². The van der Waals surface area contributed by atoms with Crippen LogP contribution in [0.1, 0.15) is 0 Å². The third kappa shape index (κ3) is 4.74. The normalized spacial score (nSPS) is 11.3. The van der Waals surface area contributed by atoms with E-state index in [4.69, 9.17) is 24.9 Å². The fourth-order valence-electron chi connectivity index (χ4n) is 5.24. The lowest BCUT2D eigenvalue weighted by Gasteiger charge is -2.11. The van der Waals surface area contributed by atoms with E-state index in [1.54, 1.807) is 11.3 Å². The Morgan fingerprint density at radius 3 is 1.35 bits per heavy atom. The molecule has 43 heavy (non-hydrogen) atoms. The molecule has 0 saturated carbocycles. The molecule has 0 radical (unpaired) electrons. The molecule has 0 N–H and O–H groups in total. The van der Waals surface area contributed by atoms with Crippen LogP contribution in [0.5, 0.6) is 0 Å². The standard InChI is InChI=1S/C37H23N5S/c1-4-12-24(13-5-1)32-31(38-33-29-18-10-11-19-30(29)43-37(33)39-32)25-20-22-28(23-21-25)36-41-34(26-14-6-2-7-15-26)40-35(42-36)27-16-8-3-9-17-27/h1-23H. The van der Waals surface area contributed by atoms with Gasteiger partial charge in [0.2, 0.25) is 0 Å². The van der Waals surface area contributed by atoms with Gasteiger partial charge in [0.15, 0.2) is 17.5 Å². The van der Waals surface area contributed by atoms with Crippen molar-refractivity contribution < 1.29 is 0 Å². The van der Waals surface area contributed by atoms with Crippen LogP contribution in [0, 0.1) is 0 Å². The van der Waals surface area contributed by atoms with Gasteiger partial charge in [-0.3, -0.25) is 0 Å². The first kappa shape index (κ1) is 25.1. The quantitative estimate of drug-likeness (QED) is 0.207. The van der Waals surface area contributed by atoms with Crippen molar-refractivity contribution in [2.45, 2.75) is 0 Å². The van der Waals surface area contributed by atoms with Gasteiger partial charge in [-0.15, -0.1) is 11.3 Å². The second-order valence-corrected chi connectivity index (χ2v) is 11.2. The van der Waals surface area contributed by atoms with E-state index >= 15 is 0 Å². The smallest absolute Gasteiger partial charge is 0.164 e. The summed E-state index contributed by atoms with van der Waals surface area (Å²) in [4.78, 5) is 25.9. The number of aromatic nitrogens is 5. The first-order valence-electron chi connectivity index (χ1n) is 14.0. The van der Waals surface area contributed by atoms with Crippen LogP contribution < -0.4 is 0 Å². The SMILES string of the molecule is c1ccc(-c2nc(-c3ccccc3)nc(-c3ccc(-c4nc5c(nc4-c4ccccc4)sc4ccccc45)cc3)n2)cc1. The predicted octanol–water partition coefficient (Wildman–Crippen LogP) is 9.36. The Morgan fingerprint density at radius 1 is 0.349 bits per heavy atom. The summed E-state index contributed by atoms with van der Waals surface area (Å²) in [5.41, 5.74) is 7.44. The molecule has 8 aromatic rings. The van der Waals surface area contributed by atoms with Crippen LogP contribution in [0.4, 0.5) is 0 Å². The van der Waals surface area contributed by atoms with E-state index in [1.807, 2.05) is 78.9 Å². The Labute approximate surface area is 252 Å². The second-order valence-electron chi connectivity index (χ2n) is 10.2. The number of fused-ring (bicyclic) bond motifs is 3. The molecule has 6 heteroatoms. The highest BCUT2D eigenvalue weighted by molar-refractivity contribution is 7.25. The summed E-state index contributed by atoms with van der Waals surface area (Å²) < 4.78 is 1.18. The van der Waals surface area contributed by atoms with Gasteiger partial charge in [0.25, 0.3) is 0 Å². The van der Waals surface area contributed by atoms with Gasteiger partial charge in [0.1, 0.15) is 10.3 Å². The highest BCUT2D eigenvalue weighted by atomic mass is 32.1. The highest BCUT2D eigenvalue weighted by Crippen LogP contribution is 2.37. The average Bonchev–Trinajstić information content (AvgIpc) is 3.46. The first-order valence-corrected chi connectivity index (χ1v) is 14.8. The van der Waals surface area contributed by atoms with Crippen molar-refractivity contribution in [3.8, 4) is 56.7 Å². The van der Waals surface area contributed by atoms with E-state index in [1.165, 1.54) is 4.70 Å². The van der Waals surface area contributed by atoms with Gasteiger partial charge >= 0.3 is 0 Å². The molecule has 0 atom stereocenters. The van der Waals surface area contributed by atoms with E-state index in [0.717, 1.165) is 54.9 Å². The van der Waals surface area contributed by atoms with Gasteiger partial charge in [-0.1, -0.05) is 133 Å². The number of thiophene rings is 1. The number of hydrogen-bond acceptors (Lipinski definition) is 6. The fourth-order valence-corrected chi connectivity index (χ4v) is 6.25. The molecule has 0 bridgehead atoms. The third-order valence-electron chi connectivity index (χ3n) is 7.38. The van der Waals surface area contributed by atoms with Gasteiger partial charge in [0, 0.05) is 37.9 Å². The first-order chi connectivity index (χ1) is 21.3. The minimum atomic E-state index is 0.618. The summed E-state index contributed by atoms with van der Waals surface area (Å²) in [7, 11) is 0. The van der Waals surface area contributed by atoms with Crippen LogP contribution in [-0.4, -0.2) is 24.9 Å². The largest absolute Gasteiger partial charge is 0.242 e. The summed E-state index contributed by atoms with van der Waals surface area (Å²) in [6.45, 7) is 0. The Bertz CT molecular complexity index is 2150. The second kappa shape index (κ2) is 10.7. The summed E-state index contributed by atoms with van der Waals surface area (Å²) in [5.74, 6) is 1.90. The molecule has 8 rings (SSSR count). The van der Waals surface area contributed by atoms with Crippen molar-refractivity contribution in [2.24, 2.45) is 0 Å². The van der Waals surface area contributed by atoms with Crippen molar-refractivity contribution in [3.05, 3.63) is 140 Å². The van der Waals surface area contributed by atoms with Crippen LogP contribution in [0.25, 0.3) is 77.1 Å². The molecule has 0 unspecified atom stereocenters. The van der Waals surface area contributed by atoms with Crippen molar-refractivity contribution in [3.63, 3.8) is 0 Å². The molecule has 0 aliphatic carbocycles. The van der Waals surface area contributed by atoms with Crippen LogP contribution in [-0.2, 0) is 0 Å². The summed E-state index contributed by atoms with van der Waals surface area (Å²) >= 11 is 1.68. The Kier molecular flexibility index (Phi) is 6.24. The number of hydrogen-bond donors (Lipinski definition) is 0. The zero-order valence-corrected chi connectivity index (χ0v) is 23.7. The number of nitrogens with zero attached hydrogens (tertiary/aromatic N) is 5. The maximum Gasteiger partial charge on any atom is 0.164 e. The highest BCUT2D eigenvalue weighted by Gasteiger charge is 2.17. The molecule has 202 valence electrons. The van der Waals surface area contributed by atoms with Gasteiger partial charge in [0.05, 0.1) is 11.4 Å². The molecule has 3 heterocycles. The Balaban J connectivity index is 1.27. The van der Waals surface area contributed by atoms with E-state index < -0.39 is 0 Å². The maximum atomic E-state index is 5.23. The minimum Gasteiger partial charge on any atom is -0.242 e. The van der Waals surface area contributed by atoms with E-state index in [9.17, 15) is 0 Å². The molecular formula is C37H23N5S. The molecule has 0 amide bonds. The molecule has 0 spiro atoms. The van der Waals surface area contributed by atoms with Crippen LogP contribution in [0.2, 0.25) is 0 Å². The molecule has 0 aliphatic heterocycles. The molecule has 0 aliphatic rings. The zero-order valence-electron chi connectivity index (χ0n) is 22.9. The lowest BCUT2D eigenvalue weighted by atomic mass is 10.0. The van der Waals surface area contributed by atoms with Crippen molar-refractivity contribution in [1.82, 2.24) is 24.9 Å². The van der Waals surface area contributed by atoms with Crippen molar-refractivity contribution >= 4 is 31.8 Å². The molecule has 5 aromatic carbocycles. The van der Waals surface area contributed by atoms with Gasteiger partial charge in [-0.25, -0.2) is 24.9 Å². The molecule has 0 fully saturated rings. The lowest BCUT2D eigenvalue weighted by Crippen LogP contribution is -2.00. The Hall–Kier alpha value is -5.59. The zero-order chi connectivity index (χ0) is 28.6. The topological polar surface area (TPSA) is 64.5 Å². The number of benzene rings is 5. The van der Waals surface area contributed by atoms with E-state index in [0.29, 0.717) is 17.5 Å². The maximum absolute atomic E-state index is 5.23. The summed E-state index contributed by atoms with van der Waals surface area (Å²) in [6.07, 6.45) is 0. The van der Waals surface area contributed by atoms with Crippen LogP contribution in [0.3, 0.4) is 0 Å². The molecule has 5 nitrogen and oxygen atoms in total.